The molecule has 2 aliphatic rings. The van der Waals surface area contributed by atoms with Gasteiger partial charge in [-0.15, -0.1) is 0 Å². The van der Waals surface area contributed by atoms with Crippen LogP contribution in [0.5, 0.6) is 5.75 Å². The molecule has 2 N–H and O–H groups in total. The van der Waals surface area contributed by atoms with Gasteiger partial charge in [0.1, 0.15) is 5.75 Å². The van der Waals surface area contributed by atoms with Crippen molar-refractivity contribution >= 4 is 17.5 Å². The van der Waals surface area contributed by atoms with Gasteiger partial charge in [-0.2, -0.15) is 13.2 Å². The summed E-state index contributed by atoms with van der Waals surface area (Å²) in [6.45, 7) is 0.152. The van der Waals surface area contributed by atoms with Crippen molar-refractivity contribution in [3.63, 3.8) is 0 Å². The second kappa shape index (κ2) is 7.88. The molecule has 2 aliphatic heterocycles. The van der Waals surface area contributed by atoms with Crippen LogP contribution >= 0.6 is 0 Å². The zero-order chi connectivity index (χ0) is 22.2. The first kappa shape index (κ1) is 21.2. The van der Waals surface area contributed by atoms with Gasteiger partial charge in [-0.3, -0.25) is 9.59 Å². The van der Waals surface area contributed by atoms with E-state index in [2.05, 4.69) is 5.32 Å². The Hall–Kier alpha value is -3.07. The molecule has 2 heterocycles. The molecule has 2 aromatic rings. The number of hydrogen-bond acceptors (Lipinski definition) is 4. The number of rotatable bonds is 3. The van der Waals surface area contributed by atoms with Crippen LogP contribution in [-0.4, -0.2) is 41.0 Å². The number of carbonyl (C=O) groups is 2. The van der Waals surface area contributed by atoms with Crippen LogP contribution in [0.4, 0.5) is 18.9 Å². The molecule has 2 amide bonds. The second-order valence-corrected chi connectivity index (χ2v) is 7.75. The number of benzene rings is 2. The molecule has 164 valence electrons. The topological polar surface area (TPSA) is 78.9 Å². The van der Waals surface area contributed by atoms with Gasteiger partial charge in [0.2, 0.25) is 5.91 Å². The van der Waals surface area contributed by atoms with E-state index < -0.39 is 29.4 Å². The van der Waals surface area contributed by atoms with E-state index in [9.17, 15) is 27.9 Å². The Bertz CT molecular complexity index is 1000. The number of nitrogens with zero attached hydrogens (tertiary/aromatic N) is 1. The molecule has 4 rings (SSSR count). The number of likely N-dealkylation sites (tertiary alicyclic amines) is 1. The number of aliphatic hydroxyl groups is 1. The number of amides is 2. The molecule has 0 saturated carbocycles. The molecule has 6 nitrogen and oxygen atoms in total. The van der Waals surface area contributed by atoms with Crippen LogP contribution in [0.2, 0.25) is 0 Å². The summed E-state index contributed by atoms with van der Waals surface area (Å²) in [6.07, 6.45) is -5.84. The SMILES string of the molecule is O=C1Nc2ccccc2OC1CC(=O)N1CCC(O)(c2ccccc2C(F)(F)F)CC1. The first-order chi connectivity index (χ1) is 14.7. The highest BCUT2D eigenvalue weighted by molar-refractivity contribution is 5.99. The van der Waals surface area contributed by atoms with Crippen LogP contribution < -0.4 is 10.1 Å². The summed E-state index contributed by atoms with van der Waals surface area (Å²) in [5.74, 6) is -0.318. The smallest absolute Gasteiger partial charge is 0.416 e. The van der Waals surface area contributed by atoms with Gasteiger partial charge in [0, 0.05) is 13.1 Å². The Labute approximate surface area is 176 Å². The number of nitrogens with one attached hydrogen (secondary N) is 1. The van der Waals surface area contributed by atoms with Crippen molar-refractivity contribution < 1.29 is 32.6 Å². The number of anilines is 1. The number of para-hydroxylation sites is 2. The quantitative estimate of drug-likeness (QED) is 0.777. The molecule has 1 fully saturated rings. The molecule has 1 unspecified atom stereocenters. The van der Waals surface area contributed by atoms with Crippen molar-refractivity contribution in [2.45, 2.75) is 37.1 Å². The third-order valence-electron chi connectivity index (χ3n) is 5.74. The van der Waals surface area contributed by atoms with Gasteiger partial charge in [0.25, 0.3) is 5.91 Å². The zero-order valence-electron chi connectivity index (χ0n) is 16.5. The monoisotopic (exact) mass is 434 g/mol. The van der Waals surface area contributed by atoms with Gasteiger partial charge in [-0.1, -0.05) is 30.3 Å². The lowest BCUT2D eigenvalue weighted by Crippen LogP contribution is -2.48. The lowest BCUT2D eigenvalue weighted by molar-refractivity contribution is -0.145. The van der Waals surface area contributed by atoms with Crippen LogP contribution in [0.1, 0.15) is 30.4 Å². The maximum atomic E-state index is 13.4. The van der Waals surface area contributed by atoms with Crippen molar-refractivity contribution in [2.75, 3.05) is 18.4 Å². The number of alkyl halides is 3. The fraction of sp³-hybridized carbons (Fsp3) is 0.364. The van der Waals surface area contributed by atoms with Crippen molar-refractivity contribution in [1.82, 2.24) is 4.90 Å². The molecule has 1 saturated heterocycles. The van der Waals surface area contributed by atoms with E-state index in [0.717, 1.165) is 6.07 Å². The Balaban J connectivity index is 1.41. The average Bonchev–Trinajstić information content (AvgIpc) is 2.74. The molecule has 0 aromatic heterocycles. The van der Waals surface area contributed by atoms with E-state index in [1.807, 2.05) is 0 Å². The predicted octanol–water partition coefficient (Wildman–Crippen LogP) is 3.31. The van der Waals surface area contributed by atoms with Crippen molar-refractivity contribution in [3.8, 4) is 5.75 Å². The standard InChI is InChI=1S/C22H21F3N2O4/c23-22(24,25)15-6-2-1-5-14(15)21(30)9-11-27(12-10-21)19(28)13-18-20(29)26-16-7-3-4-8-17(16)31-18/h1-8,18,30H,9-13H2,(H,26,29). The van der Waals surface area contributed by atoms with Crippen molar-refractivity contribution in [3.05, 3.63) is 59.7 Å². The highest BCUT2D eigenvalue weighted by atomic mass is 19.4. The first-order valence-electron chi connectivity index (χ1n) is 9.91. The van der Waals surface area contributed by atoms with E-state index in [1.165, 1.54) is 23.1 Å². The number of fused-ring (bicyclic) bond motifs is 1. The Kier molecular flexibility index (Phi) is 5.38. The summed E-state index contributed by atoms with van der Waals surface area (Å²) in [5.41, 5.74) is -2.20. The summed E-state index contributed by atoms with van der Waals surface area (Å²) in [6, 6.07) is 11.8. The summed E-state index contributed by atoms with van der Waals surface area (Å²) in [7, 11) is 0. The molecule has 0 bridgehead atoms. The largest absolute Gasteiger partial charge is 0.478 e. The summed E-state index contributed by atoms with van der Waals surface area (Å²) >= 11 is 0. The zero-order valence-corrected chi connectivity index (χ0v) is 16.5. The van der Waals surface area contributed by atoms with Gasteiger partial charge < -0.3 is 20.1 Å². The highest BCUT2D eigenvalue weighted by Crippen LogP contribution is 2.41. The highest BCUT2D eigenvalue weighted by Gasteiger charge is 2.43. The molecule has 9 heteroatoms. The molecular weight excluding hydrogens is 413 g/mol. The minimum atomic E-state index is -4.58. The fourth-order valence-electron chi connectivity index (χ4n) is 4.05. The van der Waals surface area contributed by atoms with E-state index in [4.69, 9.17) is 4.74 Å². The maximum absolute atomic E-state index is 13.4. The van der Waals surface area contributed by atoms with Gasteiger partial charge in [0.15, 0.2) is 6.10 Å². The van der Waals surface area contributed by atoms with Crippen LogP contribution in [0, 0.1) is 0 Å². The molecule has 0 spiro atoms. The number of hydrogen-bond donors (Lipinski definition) is 2. The molecule has 0 radical (unpaired) electrons. The normalized spacial score (nSPS) is 20.5. The lowest BCUT2D eigenvalue weighted by atomic mass is 9.81. The van der Waals surface area contributed by atoms with Gasteiger partial charge >= 0.3 is 6.18 Å². The lowest BCUT2D eigenvalue weighted by Gasteiger charge is -2.40. The van der Waals surface area contributed by atoms with Gasteiger partial charge in [-0.25, -0.2) is 0 Å². The fourth-order valence-corrected chi connectivity index (χ4v) is 4.05. The predicted molar refractivity (Wildman–Crippen MR) is 105 cm³/mol. The Morgan fingerprint density at radius 1 is 1.13 bits per heavy atom. The van der Waals surface area contributed by atoms with Crippen LogP contribution in [-0.2, 0) is 21.4 Å². The van der Waals surface area contributed by atoms with E-state index in [-0.39, 0.29) is 43.8 Å². The van der Waals surface area contributed by atoms with Crippen LogP contribution in [0.25, 0.3) is 0 Å². The third-order valence-corrected chi connectivity index (χ3v) is 5.74. The maximum Gasteiger partial charge on any atom is 0.416 e. The average molecular weight is 434 g/mol. The Morgan fingerprint density at radius 2 is 1.77 bits per heavy atom. The molecule has 31 heavy (non-hydrogen) atoms. The van der Waals surface area contributed by atoms with E-state index >= 15 is 0 Å². The Morgan fingerprint density at radius 3 is 2.48 bits per heavy atom. The molecule has 0 aliphatic carbocycles. The summed E-state index contributed by atoms with van der Waals surface area (Å²) < 4.78 is 45.7. The summed E-state index contributed by atoms with van der Waals surface area (Å²) in [5, 5.41) is 13.6. The number of carbonyl (C=O) groups excluding carboxylic acids is 2. The van der Waals surface area contributed by atoms with Crippen molar-refractivity contribution in [1.29, 1.82) is 0 Å². The first-order valence-corrected chi connectivity index (χ1v) is 9.91. The number of halogens is 3. The van der Waals surface area contributed by atoms with Crippen molar-refractivity contribution in [2.24, 2.45) is 0 Å². The number of piperidine rings is 1. The van der Waals surface area contributed by atoms with Crippen LogP contribution in [0.3, 0.4) is 0 Å². The summed E-state index contributed by atoms with van der Waals surface area (Å²) in [4.78, 5) is 26.4. The second-order valence-electron chi connectivity index (χ2n) is 7.75. The molecular formula is C22H21F3N2O4. The van der Waals surface area contributed by atoms with Gasteiger partial charge in [0.05, 0.1) is 23.3 Å². The molecule has 2 aromatic carbocycles. The third kappa shape index (κ3) is 4.23. The van der Waals surface area contributed by atoms with Gasteiger partial charge in [-0.05, 0) is 36.6 Å². The number of ether oxygens (including phenoxy) is 1. The minimum Gasteiger partial charge on any atom is -0.478 e. The minimum absolute atomic E-state index is 0.0353. The van der Waals surface area contributed by atoms with E-state index in [1.54, 1.807) is 24.3 Å². The molecule has 1 atom stereocenters. The van der Waals surface area contributed by atoms with E-state index in [0.29, 0.717) is 11.4 Å². The van der Waals surface area contributed by atoms with Crippen LogP contribution in [0.15, 0.2) is 48.5 Å².